The van der Waals surface area contributed by atoms with Crippen molar-refractivity contribution in [3.8, 4) is 0 Å². The fourth-order valence-electron chi connectivity index (χ4n) is 3.69. The molecule has 0 aliphatic heterocycles. The molecule has 6 nitrogen and oxygen atoms in total. The lowest BCUT2D eigenvalue weighted by molar-refractivity contribution is -0.118. The van der Waals surface area contributed by atoms with Crippen molar-refractivity contribution in [2.75, 3.05) is 11.9 Å². The second-order valence-corrected chi connectivity index (χ2v) is 7.64. The highest BCUT2D eigenvalue weighted by atomic mass is 16.3. The summed E-state index contributed by atoms with van der Waals surface area (Å²) in [4.78, 5) is 27.4. The number of furan rings is 1. The molecule has 3 rings (SSSR count). The van der Waals surface area contributed by atoms with Gasteiger partial charge in [-0.1, -0.05) is 25.0 Å². The van der Waals surface area contributed by atoms with Crippen LogP contribution in [-0.4, -0.2) is 35.3 Å². The van der Waals surface area contributed by atoms with Gasteiger partial charge in [-0.25, -0.2) is 0 Å². The molecular formula is C22H29N3O3. The summed E-state index contributed by atoms with van der Waals surface area (Å²) in [5.41, 5.74) is 1.01. The van der Waals surface area contributed by atoms with Crippen LogP contribution in [0.5, 0.6) is 0 Å². The first-order valence-corrected chi connectivity index (χ1v) is 9.99. The third kappa shape index (κ3) is 5.45. The minimum atomic E-state index is -0.186. The highest BCUT2D eigenvalue weighted by Gasteiger charge is 2.25. The monoisotopic (exact) mass is 383 g/mol. The minimum Gasteiger partial charge on any atom is -0.468 e. The van der Waals surface area contributed by atoms with Crippen LogP contribution in [0.2, 0.25) is 0 Å². The van der Waals surface area contributed by atoms with Gasteiger partial charge in [0.1, 0.15) is 5.76 Å². The smallest absolute Gasteiger partial charge is 0.253 e. The van der Waals surface area contributed by atoms with Crippen molar-refractivity contribution >= 4 is 17.5 Å². The van der Waals surface area contributed by atoms with Crippen LogP contribution in [0, 0.1) is 0 Å². The number of carbonyl (C=O) groups excluding carboxylic acids is 2. The highest BCUT2D eigenvalue weighted by molar-refractivity contribution is 6.04. The molecule has 1 aliphatic rings. The Morgan fingerprint density at radius 3 is 2.57 bits per heavy atom. The first kappa shape index (κ1) is 20.1. The summed E-state index contributed by atoms with van der Waals surface area (Å²) < 4.78 is 5.48. The van der Waals surface area contributed by atoms with Crippen LogP contribution in [-0.2, 0) is 11.3 Å². The Bertz CT molecular complexity index is 780. The van der Waals surface area contributed by atoms with Crippen LogP contribution in [0.1, 0.15) is 55.6 Å². The second kappa shape index (κ2) is 9.55. The maximum absolute atomic E-state index is 12.8. The zero-order valence-corrected chi connectivity index (χ0v) is 16.6. The number of para-hydroxylation sites is 1. The van der Waals surface area contributed by atoms with Gasteiger partial charge >= 0.3 is 0 Å². The van der Waals surface area contributed by atoms with Crippen LogP contribution in [0.15, 0.2) is 47.1 Å². The molecule has 0 radical (unpaired) electrons. The van der Waals surface area contributed by atoms with Gasteiger partial charge in [-0.2, -0.15) is 0 Å². The topological polar surface area (TPSA) is 74.6 Å². The number of hydrogen-bond donors (Lipinski definition) is 2. The van der Waals surface area contributed by atoms with Gasteiger partial charge in [0.2, 0.25) is 5.91 Å². The van der Waals surface area contributed by atoms with Crippen molar-refractivity contribution in [3.05, 3.63) is 54.0 Å². The molecule has 6 heteroatoms. The first-order chi connectivity index (χ1) is 13.5. The Kier molecular flexibility index (Phi) is 6.87. The number of amides is 2. The van der Waals surface area contributed by atoms with E-state index in [1.54, 1.807) is 24.5 Å². The molecule has 1 aromatic carbocycles. The summed E-state index contributed by atoms with van der Waals surface area (Å²) in [6.45, 7) is 4.70. The number of nitrogens with zero attached hydrogens (tertiary/aromatic N) is 1. The van der Waals surface area contributed by atoms with E-state index in [4.69, 9.17) is 4.42 Å². The van der Waals surface area contributed by atoms with Gasteiger partial charge in [0.15, 0.2) is 0 Å². The van der Waals surface area contributed by atoms with E-state index in [9.17, 15) is 9.59 Å². The van der Waals surface area contributed by atoms with Crippen molar-refractivity contribution < 1.29 is 14.0 Å². The van der Waals surface area contributed by atoms with Gasteiger partial charge in [-0.3, -0.25) is 14.5 Å². The summed E-state index contributed by atoms with van der Waals surface area (Å²) in [6, 6.07) is 11.3. The maximum atomic E-state index is 12.8. The molecule has 1 saturated carbocycles. The predicted molar refractivity (Wildman–Crippen MR) is 109 cm³/mol. The lowest BCUT2D eigenvalue weighted by Gasteiger charge is -2.27. The van der Waals surface area contributed by atoms with E-state index in [1.165, 1.54) is 12.8 Å². The standard InChI is InChI=1S/C22H29N3O3/c1-16(2)23-22(27)19-11-5-6-12-20(19)24-21(26)15-25(17-8-3-4-9-17)14-18-10-7-13-28-18/h5-7,10-13,16-17H,3-4,8-9,14-15H2,1-2H3,(H,23,27)(H,24,26). The number of anilines is 1. The van der Waals surface area contributed by atoms with Crippen LogP contribution in [0.25, 0.3) is 0 Å². The summed E-state index contributed by atoms with van der Waals surface area (Å²) in [7, 11) is 0. The van der Waals surface area contributed by atoms with Gasteiger partial charge in [0.25, 0.3) is 5.91 Å². The third-order valence-corrected chi connectivity index (χ3v) is 4.99. The molecule has 2 amide bonds. The molecule has 0 bridgehead atoms. The van der Waals surface area contributed by atoms with Crippen LogP contribution in [0.4, 0.5) is 5.69 Å². The largest absolute Gasteiger partial charge is 0.468 e. The summed E-state index contributed by atoms with van der Waals surface area (Å²) in [6.07, 6.45) is 6.24. The number of carbonyl (C=O) groups is 2. The zero-order chi connectivity index (χ0) is 19.9. The van der Waals surface area contributed by atoms with E-state index < -0.39 is 0 Å². The van der Waals surface area contributed by atoms with E-state index in [0.717, 1.165) is 18.6 Å². The molecule has 1 fully saturated rings. The van der Waals surface area contributed by atoms with Gasteiger partial charge in [0.05, 0.1) is 30.6 Å². The highest BCUT2D eigenvalue weighted by Crippen LogP contribution is 2.25. The molecular weight excluding hydrogens is 354 g/mol. The van der Waals surface area contributed by atoms with Crippen molar-refractivity contribution in [1.82, 2.24) is 10.2 Å². The summed E-state index contributed by atoms with van der Waals surface area (Å²) in [5, 5.41) is 5.80. The molecule has 1 aromatic heterocycles. The van der Waals surface area contributed by atoms with Gasteiger partial charge in [-0.05, 0) is 51.0 Å². The van der Waals surface area contributed by atoms with Crippen molar-refractivity contribution in [2.45, 2.75) is 58.2 Å². The van der Waals surface area contributed by atoms with Gasteiger partial charge in [-0.15, -0.1) is 0 Å². The lowest BCUT2D eigenvalue weighted by Crippen LogP contribution is -2.39. The lowest BCUT2D eigenvalue weighted by atomic mass is 10.1. The van der Waals surface area contributed by atoms with E-state index >= 15 is 0 Å². The summed E-state index contributed by atoms with van der Waals surface area (Å²) in [5.74, 6) is 0.550. The number of benzene rings is 1. The van der Waals surface area contributed by atoms with Gasteiger partial charge in [0, 0.05) is 12.1 Å². The van der Waals surface area contributed by atoms with E-state index in [2.05, 4.69) is 15.5 Å². The van der Waals surface area contributed by atoms with Crippen LogP contribution < -0.4 is 10.6 Å². The van der Waals surface area contributed by atoms with E-state index in [-0.39, 0.29) is 24.4 Å². The molecule has 0 unspecified atom stereocenters. The van der Waals surface area contributed by atoms with Gasteiger partial charge < -0.3 is 15.1 Å². The number of hydrogen-bond acceptors (Lipinski definition) is 4. The maximum Gasteiger partial charge on any atom is 0.253 e. The van der Waals surface area contributed by atoms with E-state index in [1.807, 2.05) is 32.0 Å². The molecule has 150 valence electrons. The first-order valence-electron chi connectivity index (χ1n) is 9.99. The average molecular weight is 383 g/mol. The normalized spacial score (nSPS) is 14.6. The molecule has 1 aliphatic carbocycles. The van der Waals surface area contributed by atoms with Crippen LogP contribution in [0.3, 0.4) is 0 Å². The minimum absolute atomic E-state index is 0.0300. The van der Waals surface area contributed by atoms with E-state index in [0.29, 0.717) is 23.8 Å². The van der Waals surface area contributed by atoms with Crippen molar-refractivity contribution in [1.29, 1.82) is 0 Å². The number of rotatable bonds is 8. The summed E-state index contributed by atoms with van der Waals surface area (Å²) >= 11 is 0. The van der Waals surface area contributed by atoms with Crippen molar-refractivity contribution in [2.24, 2.45) is 0 Å². The zero-order valence-electron chi connectivity index (χ0n) is 16.6. The quantitative estimate of drug-likeness (QED) is 0.727. The fraction of sp³-hybridized carbons (Fsp3) is 0.455. The second-order valence-electron chi connectivity index (χ2n) is 7.64. The molecule has 28 heavy (non-hydrogen) atoms. The SMILES string of the molecule is CC(C)NC(=O)c1ccccc1NC(=O)CN(Cc1ccco1)C1CCCC1. The Morgan fingerprint density at radius 2 is 1.89 bits per heavy atom. The molecule has 1 heterocycles. The third-order valence-electron chi connectivity index (χ3n) is 4.99. The molecule has 2 N–H and O–H groups in total. The van der Waals surface area contributed by atoms with Crippen molar-refractivity contribution in [3.63, 3.8) is 0 Å². The predicted octanol–water partition coefficient (Wildman–Crippen LogP) is 3.80. The Labute approximate surface area is 166 Å². The Hall–Kier alpha value is -2.60. The fourth-order valence-corrected chi connectivity index (χ4v) is 3.69. The average Bonchev–Trinajstić information content (AvgIpc) is 3.35. The Balaban J connectivity index is 1.68. The Morgan fingerprint density at radius 1 is 1.14 bits per heavy atom. The molecule has 0 atom stereocenters. The number of nitrogens with one attached hydrogen (secondary N) is 2. The molecule has 0 spiro atoms. The van der Waals surface area contributed by atoms with Crippen LogP contribution >= 0.6 is 0 Å². The molecule has 2 aromatic rings. The molecule has 0 saturated heterocycles.